The molecule has 7 heteroatoms. The number of carbonyl (C=O) groups is 3. The van der Waals surface area contributed by atoms with E-state index < -0.39 is 17.9 Å². The topological polar surface area (TPSA) is 115 Å². The van der Waals surface area contributed by atoms with Gasteiger partial charge in [0.1, 0.15) is 0 Å². The molecule has 0 atom stereocenters. The summed E-state index contributed by atoms with van der Waals surface area (Å²) in [6.45, 7) is 5.81. The minimum absolute atomic E-state index is 0.0649. The SMILES string of the molecule is CC/C=C/CCCCCCCCCCCCCCCCC[N+](CCCCC(=O)[O-])(CCCCC(=O)O)CCCCC(=O)O. The summed E-state index contributed by atoms with van der Waals surface area (Å²) in [6.07, 6.45) is 31.5. The van der Waals surface area contributed by atoms with Gasteiger partial charge in [0.2, 0.25) is 0 Å². The van der Waals surface area contributed by atoms with E-state index in [9.17, 15) is 19.5 Å². The number of hydrogen-bond acceptors (Lipinski definition) is 4. The Labute approximate surface area is 264 Å². The van der Waals surface area contributed by atoms with Gasteiger partial charge in [-0.15, -0.1) is 0 Å². The van der Waals surface area contributed by atoms with Crippen LogP contribution in [-0.4, -0.2) is 58.8 Å². The Morgan fingerprint density at radius 2 is 0.814 bits per heavy atom. The Kier molecular flexibility index (Phi) is 28.8. The molecule has 0 bridgehead atoms. The highest BCUT2D eigenvalue weighted by molar-refractivity contribution is 5.66. The monoisotopic (exact) mass is 609 g/mol. The van der Waals surface area contributed by atoms with Gasteiger partial charge in [0.25, 0.3) is 0 Å². The molecule has 252 valence electrons. The summed E-state index contributed by atoms with van der Waals surface area (Å²) < 4.78 is 0.850. The van der Waals surface area contributed by atoms with Crippen LogP contribution in [0.25, 0.3) is 0 Å². The smallest absolute Gasteiger partial charge is 0.303 e. The van der Waals surface area contributed by atoms with Crippen LogP contribution < -0.4 is 5.11 Å². The van der Waals surface area contributed by atoms with Crippen LogP contribution in [0.4, 0.5) is 0 Å². The second-order valence-corrected chi connectivity index (χ2v) is 12.7. The summed E-state index contributed by atoms with van der Waals surface area (Å²) in [5.74, 6) is -2.56. The molecule has 0 fully saturated rings. The first kappa shape index (κ1) is 41.1. The second kappa shape index (κ2) is 30.1. The minimum atomic E-state index is -1.02. The number of carboxylic acids is 3. The van der Waals surface area contributed by atoms with Gasteiger partial charge in [0.15, 0.2) is 0 Å². The first-order chi connectivity index (χ1) is 20.8. The highest BCUT2D eigenvalue weighted by Gasteiger charge is 2.26. The first-order valence-electron chi connectivity index (χ1n) is 17.9. The van der Waals surface area contributed by atoms with E-state index in [1.807, 2.05) is 0 Å². The van der Waals surface area contributed by atoms with Gasteiger partial charge in [0.05, 0.1) is 26.2 Å². The van der Waals surface area contributed by atoms with Crippen molar-refractivity contribution in [2.24, 2.45) is 0 Å². The molecule has 7 nitrogen and oxygen atoms in total. The number of allylic oxidation sites excluding steroid dienone is 2. The third kappa shape index (κ3) is 29.9. The van der Waals surface area contributed by atoms with Crippen molar-refractivity contribution in [3.8, 4) is 0 Å². The maximum absolute atomic E-state index is 11.0. The van der Waals surface area contributed by atoms with E-state index in [1.54, 1.807) is 0 Å². The van der Waals surface area contributed by atoms with Crippen LogP contribution >= 0.6 is 0 Å². The maximum atomic E-state index is 11.0. The number of quaternary nitrogens is 1. The van der Waals surface area contributed by atoms with Crippen molar-refractivity contribution < 1.29 is 34.2 Å². The Balaban J connectivity index is 4.26. The number of nitrogens with zero attached hydrogens (tertiary/aromatic N) is 1. The molecule has 0 rings (SSSR count). The maximum Gasteiger partial charge on any atom is 0.303 e. The van der Waals surface area contributed by atoms with E-state index in [-0.39, 0.29) is 19.3 Å². The lowest BCUT2D eigenvalue weighted by atomic mass is 10.0. The fourth-order valence-electron chi connectivity index (χ4n) is 6.13. The molecule has 43 heavy (non-hydrogen) atoms. The van der Waals surface area contributed by atoms with Crippen LogP contribution in [0, 0.1) is 0 Å². The van der Waals surface area contributed by atoms with Gasteiger partial charge in [-0.05, 0) is 77.0 Å². The number of aliphatic carboxylic acids is 3. The number of hydrogen-bond donors (Lipinski definition) is 2. The van der Waals surface area contributed by atoms with Crippen molar-refractivity contribution in [3.63, 3.8) is 0 Å². The quantitative estimate of drug-likeness (QED) is 0.0430. The Morgan fingerprint density at radius 1 is 0.488 bits per heavy atom. The third-order valence-corrected chi connectivity index (χ3v) is 8.72. The molecule has 0 heterocycles. The number of unbranched alkanes of at least 4 members (excludes halogenated alkanes) is 18. The van der Waals surface area contributed by atoms with E-state index in [2.05, 4.69) is 19.1 Å². The van der Waals surface area contributed by atoms with E-state index in [0.717, 1.165) is 62.8 Å². The molecular formula is C36H67NO6. The number of rotatable bonds is 34. The molecule has 0 amide bonds. The molecule has 0 aliphatic heterocycles. The molecule has 0 saturated carbocycles. The first-order valence-corrected chi connectivity index (χ1v) is 17.9. The van der Waals surface area contributed by atoms with Gasteiger partial charge in [-0.1, -0.05) is 96.1 Å². The van der Waals surface area contributed by atoms with Gasteiger partial charge in [-0.25, -0.2) is 0 Å². The zero-order chi connectivity index (χ0) is 31.9. The van der Waals surface area contributed by atoms with Crippen molar-refractivity contribution in [1.82, 2.24) is 0 Å². The molecule has 0 aromatic carbocycles. The predicted octanol–water partition coefficient (Wildman–Crippen LogP) is 8.44. The van der Waals surface area contributed by atoms with Crippen molar-refractivity contribution in [2.75, 3.05) is 26.2 Å². The van der Waals surface area contributed by atoms with Crippen molar-refractivity contribution in [1.29, 1.82) is 0 Å². The number of carbonyl (C=O) groups excluding carboxylic acids is 1. The lowest BCUT2D eigenvalue weighted by Crippen LogP contribution is -2.51. The Bertz CT molecular complexity index is 653. The van der Waals surface area contributed by atoms with Gasteiger partial charge in [-0.3, -0.25) is 9.59 Å². The van der Waals surface area contributed by atoms with Crippen LogP contribution in [0.5, 0.6) is 0 Å². The summed E-state index contributed by atoms with van der Waals surface area (Å²) in [5, 5.41) is 29.0. The molecule has 0 aliphatic rings. The third-order valence-electron chi connectivity index (χ3n) is 8.72. The molecule has 0 aromatic rings. The van der Waals surface area contributed by atoms with Gasteiger partial charge in [-0.2, -0.15) is 0 Å². The fourth-order valence-corrected chi connectivity index (χ4v) is 6.13. The largest absolute Gasteiger partial charge is 0.550 e. The standard InChI is InChI=1S/C36H67NO6/c1-2-3-4-5-6-7-8-9-10-11-12-13-14-15-16-17-18-19-23-30-37(31-24-20-27-34(38)39,32-25-21-28-35(40)41)33-26-22-29-36(42)43/h3-4H,2,5-33H2,1H3,(H2-,38,39,40,41,42,43)/b4-3+. The van der Waals surface area contributed by atoms with E-state index in [0.29, 0.717) is 19.3 Å². The molecule has 0 saturated heterocycles. The van der Waals surface area contributed by atoms with Gasteiger partial charge < -0.3 is 24.6 Å². The number of carboxylic acid groups (broad SMARTS) is 3. The molecule has 0 aliphatic carbocycles. The van der Waals surface area contributed by atoms with E-state index in [1.165, 1.54) is 96.3 Å². The second-order valence-electron chi connectivity index (χ2n) is 12.7. The Morgan fingerprint density at radius 3 is 1.16 bits per heavy atom. The zero-order valence-electron chi connectivity index (χ0n) is 27.8. The van der Waals surface area contributed by atoms with Crippen LogP contribution in [0.15, 0.2) is 12.2 Å². The fraction of sp³-hybridized carbons (Fsp3) is 0.861. The van der Waals surface area contributed by atoms with Crippen LogP contribution in [0.2, 0.25) is 0 Å². The van der Waals surface area contributed by atoms with Crippen molar-refractivity contribution in [3.05, 3.63) is 12.2 Å². The molecular weight excluding hydrogens is 542 g/mol. The average molecular weight is 610 g/mol. The average Bonchev–Trinajstić information content (AvgIpc) is 2.96. The zero-order valence-corrected chi connectivity index (χ0v) is 27.8. The molecule has 0 radical (unpaired) electrons. The summed E-state index contributed by atoms with van der Waals surface area (Å²) in [4.78, 5) is 32.9. The van der Waals surface area contributed by atoms with E-state index in [4.69, 9.17) is 10.2 Å². The predicted molar refractivity (Wildman–Crippen MR) is 175 cm³/mol. The summed E-state index contributed by atoms with van der Waals surface area (Å²) in [6, 6.07) is 0. The lowest BCUT2D eigenvalue weighted by molar-refractivity contribution is -0.929. The highest BCUT2D eigenvalue weighted by Crippen LogP contribution is 2.20. The molecule has 0 unspecified atom stereocenters. The summed E-state index contributed by atoms with van der Waals surface area (Å²) in [7, 11) is 0. The highest BCUT2D eigenvalue weighted by atomic mass is 16.4. The van der Waals surface area contributed by atoms with Crippen molar-refractivity contribution in [2.45, 2.75) is 174 Å². The normalized spacial score (nSPS) is 11.8. The minimum Gasteiger partial charge on any atom is -0.550 e. The van der Waals surface area contributed by atoms with Gasteiger partial charge in [0, 0.05) is 18.8 Å². The summed E-state index contributed by atoms with van der Waals surface area (Å²) >= 11 is 0. The lowest BCUT2D eigenvalue weighted by Gasteiger charge is -2.39. The molecule has 2 N–H and O–H groups in total. The molecule has 0 spiro atoms. The molecule has 0 aromatic heterocycles. The van der Waals surface area contributed by atoms with Crippen LogP contribution in [0.3, 0.4) is 0 Å². The van der Waals surface area contributed by atoms with Gasteiger partial charge >= 0.3 is 11.9 Å². The van der Waals surface area contributed by atoms with Crippen LogP contribution in [-0.2, 0) is 14.4 Å². The van der Waals surface area contributed by atoms with Crippen LogP contribution in [0.1, 0.15) is 174 Å². The van der Waals surface area contributed by atoms with E-state index >= 15 is 0 Å². The summed E-state index contributed by atoms with van der Waals surface area (Å²) in [5.41, 5.74) is 0. The van der Waals surface area contributed by atoms with Crippen molar-refractivity contribution >= 4 is 17.9 Å². The Hall–Kier alpha value is -1.89.